The van der Waals surface area contributed by atoms with E-state index in [1.165, 1.54) is 5.39 Å². The summed E-state index contributed by atoms with van der Waals surface area (Å²) < 4.78 is 5.47. The fourth-order valence-electron chi connectivity index (χ4n) is 2.73. The second-order valence-electron chi connectivity index (χ2n) is 6.74. The van der Waals surface area contributed by atoms with Gasteiger partial charge in [-0.1, -0.05) is 18.2 Å². The largest absolute Gasteiger partial charge is 0.444 e. The number of ether oxygens (including phenoxy) is 1. The molecule has 1 aromatic carbocycles. The summed E-state index contributed by atoms with van der Waals surface area (Å²) in [6.07, 6.45) is -0.241. The van der Waals surface area contributed by atoms with Crippen LogP contribution in [-0.2, 0) is 4.74 Å². The second-order valence-corrected chi connectivity index (χ2v) is 6.74. The molecule has 1 aromatic heterocycles. The molecular weight excluding hydrogens is 278 g/mol. The molecule has 1 amide bonds. The summed E-state index contributed by atoms with van der Waals surface area (Å²) in [4.78, 5) is 17.4. The normalized spacial score (nSPS) is 19.4. The number of nitrogens with zero attached hydrogens (tertiary/aromatic N) is 1. The third-order valence-corrected chi connectivity index (χ3v) is 3.75. The number of para-hydroxylation sites is 1. The maximum Gasteiger partial charge on any atom is 0.410 e. The number of benzene rings is 1. The van der Waals surface area contributed by atoms with E-state index in [-0.39, 0.29) is 12.1 Å². The summed E-state index contributed by atoms with van der Waals surface area (Å²) in [7, 11) is 0. The highest BCUT2D eigenvalue weighted by Gasteiger charge is 2.28. The maximum absolute atomic E-state index is 12.2. The summed E-state index contributed by atoms with van der Waals surface area (Å²) in [5.74, 6) is 0. The van der Waals surface area contributed by atoms with Gasteiger partial charge in [-0.3, -0.25) is 0 Å². The van der Waals surface area contributed by atoms with E-state index in [9.17, 15) is 4.79 Å². The van der Waals surface area contributed by atoms with Crippen molar-refractivity contribution in [3.05, 3.63) is 36.0 Å². The molecule has 0 aliphatic carbocycles. The van der Waals surface area contributed by atoms with Crippen LogP contribution in [-0.4, -0.2) is 41.2 Å². The lowest BCUT2D eigenvalue weighted by atomic mass is 10.1. The van der Waals surface area contributed by atoms with Gasteiger partial charge in [0.25, 0.3) is 0 Å². The van der Waals surface area contributed by atoms with Crippen LogP contribution in [0.1, 0.15) is 32.5 Å². The molecule has 1 atom stereocenters. The quantitative estimate of drug-likeness (QED) is 0.851. The van der Waals surface area contributed by atoms with Gasteiger partial charge >= 0.3 is 6.09 Å². The van der Waals surface area contributed by atoms with Crippen molar-refractivity contribution in [1.29, 1.82) is 0 Å². The molecule has 2 aromatic rings. The molecule has 1 unspecified atom stereocenters. The van der Waals surface area contributed by atoms with E-state index in [2.05, 4.69) is 28.5 Å². The Morgan fingerprint density at radius 2 is 2.09 bits per heavy atom. The van der Waals surface area contributed by atoms with Crippen LogP contribution in [0.4, 0.5) is 4.79 Å². The number of nitrogens with one attached hydrogen (secondary N) is 2. The van der Waals surface area contributed by atoms with Gasteiger partial charge in [0.05, 0.1) is 6.04 Å². The zero-order valence-electron chi connectivity index (χ0n) is 13.3. The van der Waals surface area contributed by atoms with Gasteiger partial charge in [-0.2, -0.15) is 0 Å². The molecule has 0 saturated carbocycles. The van der Waals surface area contributed by atoms with E-state index in [1.807, 2.05) is 32.9 Å². The number of piperazine rings is 1. The number of rotatable bonds is 1. The highest BCUT2D eigenvalue weighted by atomic mass is 16.6. The molecule has 5 heteroatoms. The van der Waals surface area contributed by atoms with E-state index in [1.54, 1.807) is 4.90 Å². The molecule has 1 saturated heterocycles. The highest BCUT2D eigenvalue weighted by molar-refractivity contribution is 5.80. The lowest BCUT2D eigenvalue weighted by molar-refractivity contribution is 0.0194. The van der Waals surface area contributed by atoms with Crippen molar-refractivity contribution in [3.8, 4) is 0 Å². The van der Waals surface area contributed by atoms with Crippen LogP contribution in [0, 0.1) is 0 Å². The van der Waals surface area contributed by atoms with Crippen LogP contribution < -0.4 is 5.32 Å². The number of H-pyrrole nitrogens is 1. The lowest BCUT2D eigenvalue weighted by Crippen LogP contribution is -2.49. The number of aromatic amines is 1. The fourth-order valence-corrected chi connectivity index (χ4v) is 2.73. The first-order valence-electron chi connectivity index (χ1n) is 7.71. The number of hydrogen-bond donors (Lipinski definition) is 2. The minimum absolute atomic E-state index is 0.105. The minimum atomic E-state index is -0.460. The molecular formula is C17H23N3O2. The Hall–Kier alpha value is -2.01. The summed E-state index contributed by atoms with van der Waals surface area (Å²) in [5.41, 5.74) is 1.77. The Kier molecular flexibility index (Phi) is 3.83. The Balaban J connectivity index is 1.74. The van der Waals surface area contributed by atoms with Gasteiger partial charge in [-0.15, -0.1) is 0 Å². The molecule has 0 radical (unpaired) electrons. The van der Waals surface area contributed by atoms with Crippen LogP contribution in [0.25, 0.3) is 10.9 Å². The predicted molar refractivity (Wildman–Crippen MR) is 86.8 cm³/mol. The minimum Gasteiger partial charge on any atom is -0.444 e. The first-order chi connectivity index (χ1) is 10.4. The second kappa shape index (κ2) is 5.65. The molecule has 2 N–H and O–H groups in total. The highest BCUT2D eigenvalue weighted by Crippen LogP contribution is 2.23. The number of hydrogen-bond acceptors (Lipinski definition) is 3. The van der Waals surface area contributed by atoms with Crippen molar-refractivity contribution in [3.63, 3.8) is 0 Å². The Bertz CT molecular complexity index is 639. The Labute approximate surface area is 130 Å². The van der Waals surface area contributed by atoms with Crippen molar-refractivity contribution < 1.29 is 9.53 Å². The average molecular weight is 301 g/mol. The van der Waals surface area contributed by atoms with Gasteiger partial charge in [0.1, 0.15) is 5.60 Å². The third-order valence-electron chi connectivity index (χ3n) is 3.75. The lowest BCUT2D eigenvalue weighted by Gasteiger charge is -2.34. The van der Waals surface area contributed by atoms with Crippen molar-refractivity contribution in [2.75, 3.05) is 19.6 Å². The van der Waals surface area contributed by atoms with Crippen molar-refractivity contribution >= 4 is 17.0 Å². The van der Waals surface area contributed by atoms with E-state index in [0.29, 0.717) is 13.1 Å². The molecule has 1 fully saturated rings. The number of aromatic nitrogens is 1. The van der Waals surface area contributed by atoms with Gasteiger partial charge in [-0.25, -0.2) is 4.79 Å². The molecule has 5 nitrogen and oxygen atoms in total. The van der Waals surface area contributed by atoms with E-state index < -0.39 is 5.60 Å². The zero-order chi connectivity index (χ0) is 15.7. The monoisotopic (exact) mass is 301 g/mol. The standard InChI is InChI=1S/C17H23N3O2/c1-17(2,3)22-16(21)20-9-8-18-15(11-20)14-10-12-6-4-5-7-13(12)19-14/h4-7,10,15,18-19H,8-9,11H2,1-3H3. The van der Waals surface area contributed by atoms with Crippen molar-refractivity contribution in [2.24, 2.45) is 0 Å². The van der Waals surface area contributed by atoms with Gasteiger partial charge < -0.3 is 19.9 Å². The molecule has 2 heterocycles. The molecule has 22 heavy (non-hydrogen) atoms. The fraction of sp³-hybridized carbons (Fsp3) is 0.471. The molecule has 118 valence electrons. The van der Waals surface area contributed by atoms with Crippen LogP contribution in [0.3, 0.4) is 0 Å². The van der Waals surface area contributed by atoms with Crippen LogP contribution in [0.2, 0.25) is 0 Å². The Morgan fingerprint density at radius 3 is 2.82 bits per heavy atom. The van der Waals surface area contributed by atoms with E-state index in [0.717, 1.165) is 17.8 Å². The third kappa shape index (κ3) is 3.25. The number of fused-ring (bicyclic) bond motifs is 1. The number of amides is 1. The molecule has 0 bridgehead atoms. The predicted octanol–water partition coefficient (Wildman–Crippen LogP) is 3.05. The first-order valence-corrected chi connectivity index (χ1v) is 7.71. The van der Waals surface area contributed by atoms with Crippen molar-refractivity contribution in [2.45, 2.75) is 32.4 Å². The summed E-state index contributed by atoms with van der Waals surface area (Å²) >= 11 is 0. The van der Waals surface area contributed by atoms with Gasteiger partial charge in [-0.05, 0) is 38.3 Å². The summed E-state index contributed by atoms with van der Waals surface area (Å²) in [6.45, 7) is 7.72. The molecule has 1 aliphatic heterocycles. The molecule has 1 aliphatic rings. The van der Waals surface area contributed by atoms with Gasteiger partial charge in [0, 0.05) is 30.8 Å². The van der Waals surface area contributed by atoms with Crippen LogP contribution >= 0.6 is 0 Å². The Morgan fingerprint density at radius 1 is 1.32 bits per heavy atom. The topological polar surface area (TPSA) is 57.4 Å². The summed E-state index contributed by atoms with van der Waals surface area (Å²) in [6, 6.07) is 10.4. The zero-order valence-corrected chi connectivity index (χ0v) is 13.3. The average Bonchev–Trinajstić information content (AvgIpc) is 2.89. The van der Waals surface area contributed by atoms with Crippen LogP contribution in [0.15, 0.2) is 30.3 Å². The SMILES string of the molecule is CC(C)(C)OC(=O)N1CCNC(c2cc3ccccc3[nH]2)C1. The van der Waals surface area contributed by atoms with Gasteiger partial charge in [0.2, 0.25) is 0 Å². The van der Waals surface area contributed by atoms with Crippen molar-refractivity contribution in [1.82, 2.24) is 15.2 Å². The number of carbonyl (C=O) groups is 1. The van der Waals surface area contributed by atoms with E-state index in [4.69, 9.17) is 4.74 Å². The maximum atomic E-state index is 12.2. The summed E-state index contributed by atoms with van der Waals surface area (Å²) in [5, 5.41) is 4.65. The molecule has 3 rings (SSSR count). The van der Waals surface area contributed by atoms with E-state index >= 15 is 0 Å². The van der Waals surface area contributed by atoms with Crippen LogP contribution in [0.5, 0.6) is 0 Å². The number of carbonyl (C=O) groups excluding carboxylic acids is 1. The van der Waals surface area contributed by atoms with Gasteiger partial charge in [0.15, 0.2) is 0 Å². The smallest absolute Gasteiger partial charge is 0.410 e. The first kappa shape index (κ1) is 14.9. The molecule has 0 spiro atoms.